The Morgan fingerprint density at radius 1 is 0.844 bits per heavy atom. The van der Waals surface area contributed by atoms with E-state index < -0.39 is 5.95 Å². The number of halogens is 1. The highest BCUT2D eigenvalue weighted by Gasteiger charge is 2.11. The van der Waals surface area contributed by atoms with E-state index in [4.69, 9.17) is 4.74 Å². The molecule has 0 spiro atoms. The highest BCUT2D eigenvalue weighted by Crippen LogP contribution is 2.26. The molecule has 0 aliphatic carbocycles. The lowest BCUT2D eigenvalue weighted by Crippen LogP contribution is -2.04. The molecule has 4 nitrogen and oxygen atoms in total. The number of carbonyl (C=O) groups excluding carboxylic acids is 1. The van der Waals surface area contributed by atoms with E-state index in [1.807, 2.05) is 60.7 Å². The standard InChI is InChI=1S/C27H23FN2O2/c28-27-26(8-4-16-30-27)25-7-2-1-6-22(25)19-32-24-13-10-20(11-14-24)17-23(31)12-9-21-5-3-15-29-18-21/h1-8,10-11,13-16,18H,9,12,17,19H2. The maximum atomic E-state index is 14.1. The van der Waals surface area contributed by atoms with Gasteiger partial charge in [-0.3, -0.25) is 9.78 Å². The van der Waals surface area contributed by atoms with E-state index >= 15 is 0 Å². The van der Waals surface area contributed by atoms with Gasteiger partial charge < -0.3 is 4.74 Å². The third-order valence-electron chi connectivity index (χ3n) is 5.20. The molecule has 160 valence electrons. The molecule has 0 radical (unpaired) electrons. The summed E-state index contributed by atoms with van der Waals surface area (Å²) in [6.45, 7) is 0.299. The second-order valence-corrected chi connectivity index (χ2v) is 7.51. The molecule has 2 heterocycles. The number of rotatable bonds is 9. The zero-order valence-corrected chi connectivity index (χ0v) is 17.6. The first-order valence-electron chi connectivity index (χ1n) is 10.5. The van der Waals surface area contributed by atoms with Crippen molar-refractivity contribution in [2.24, 2.45) is 0 Å². The van der Waals surface area contributed by atoms with Gasteiger partial charge in [0, 0.05) is 37.0 Å². The van der Waals surface area contributed by atoms with Crippen molar-refractivity contribution >= 4 is 5.78 Å². The number of nitrogens with zero attached hydrogens (tertiary/aromatic N) is 2. The zero-order chi connectivity index (χ0) is 22.2. The van der Waals surface area contributed by atoms with Crippen LogP contribution >= 0.6 is 0 Å². The minimum absolute atomic E-state index is 0.190. The number of ketones is 1. The van der Waals surface area contributed by atoms with Crippen molar-refractivity contribution in [2.75, 3.05) is 0 Å². The summed E-state index contributed by atoms with van der Waals surface area (Å²) in [5, 5.41) is 0. The fourth-order valence-corrected chi connectivity index (χ4v) is 3.51. The van der Waals surface area contributed by atoms with Gasteiger partial charge in [-0.25, -0.2) is 4.98 Å². The van der Waals surface area contributed by atoms with Gasteiger partial charge in [0.1, 0.15) is 18.1 Å². The van der Waals surface area contributed by atoms with Crippen LogP contribution in [0.1, 0.15) is 23.1 Å². The maximum absolute atomic E-state index is 14.1. The number of hydrogen-bond acceptors (Lipinski definition) is 4. The summed E-state index contributed by atoms with van der Waals surface area (Å²) in [6, 6.07) is 22.4. The largest absolute Gasteiger partial charge is 0.489 e. The molecular weight excluding hydrogens is 403 g/mol. The lowest BCUT2D eigenvalue weighted by molar-refractivity contribution is -0.118. The molecule has 4 aromatic rings. The van der Waals surface area contributed by atoms with Crippen molar-refractivity contribution in [3.63, 3.8) is 0 Å². The number of aryl methyl sites for hydroxylation is 1. The molecule has 0 fully saturated rings. The number of ether oxygens (including phenoxy) is 1. The third-order valence-corrected chi connectivity index (χ3v) is 5.20. The molecule has 0 saturated carbocycles. The van der Waals surface area contributed by atoms with E-state index in [0.29, 0.717) is 37.2 Å². The molecule has 5 heteroatoms. The van der Waals surface area contributed by atoms with Crippen LogP contribution in [-0.4, -0.2) is 15.8 Å². The molecule has 2 aromatic heterocycles. The van der Waals surface area contributed by atoms with Gasteiger partial charge in [-0.05, 0) is 59.0 Å². The van der Waals surface area contributed by atoms with E-state index in [9.17, 15) is 9.18 Å². The van der Waals surface area contributed by atoms with Crippen molar-refractivity contribution < 1.29 is 13.9 Å². The molecule has 4 rings (SSSR count). The predicted molar refractivity (Wildman–Crippen MR) is 122 cm³/mol. The smallest absolute Gasteiger partial charge is 0.220 e. The van der Waals surface area contributed by atoms with Gasteiger partial charge in [0.15, 0.2) is 0 Å². The zero-order valence-electron chi connectivity index (χ0n) is 17.6. The van der Waals surface area contributed by atoms with E-state index in [-0.39, 0.29) is 5.78 Å². The molecule has 0 N–H and O–H groups in total. The number of aromatic nitrogens is 2. The molecule has 0 unspecified atom stereocenters. The number of benzene rings is 2. The van der Waals surface area contributed by atoms with Crippen molar-refractivity contribution in [3.05, 3.63) is 114 Å². The van der Waals surface area contributed by atoms with Crippen LogP contribution in [0, 0.1) is 5.95 Å². The average Bonchev–Trinajstić information content (AvgIpc) is 2.84. The van der Waals surface area contributed by atoms with E-state index in [1.165, 1.54) is 6.20 Å². The van der Waals surface area contributed by atoms with E-state index in [1.54, 1.807) is 24.5 Å². The topological polar surface area (TPSA) is 52.1 Å². The number of hydrogen-bond donors (Lipinski definition) is 0. The second kappa shape index (κ2) is 10.4. The Balaban J connectivity index is 1.34. The Morgan fingerprint density at radius 2 is 1.62 bits per heavy atom. The van der Waals surface area contributed by atoms with Gasteiger partial charge in [-0.1, -0.05) is 42.5 Å². The van der Waals surface area contributed by atoms with Crippen LogP contribution < -0.4 is 4.74 Å². The Kier molecular flexibility index (Phi) is 6.98. The summed E-state index contributed by atoms with van der Waals surface area (Å²) >= 11 is 0. The van der Waals surface area contributed by atoms with Gasteiger partial charge in [-0.2, -0.15) is 4.39 Å². The van der Waals surface area contributed by atoms with Gasteiger partial charge >= 0.3 is 0 Å². The number of Topliss-reactive ketones (excluding diaryl/α,β-unsaturated/α-hetero) is 1. The number of carbonyl (C=O) groups is 1. The molecule has 0 aliphatic heterocycles. The van der Waals surface area contributed by atoms with Crippen LogP contribution in [0.15, 0.2) is 91.4 Å². The van der Waals surface area contributed by atoms with Gasteiger partial charge in [-0.15, -0.1) is 0 Å². The van der Waals surface area contributed by atoms with Gasteiger partial charge in [0.2, 0.25) is 5.95 Å². The summed E-state index contributed by atoms with van der Waals surface area (Å²) in [6.07, 6.45) is 6.54. The lowest BCUT2D eigenvalue weighted by atomic mass is 10.0. The van der Waals surface area contributed by atoms with E-state index in [2.05, 4.69) is 9.97 Å². The molecule has 0 aliphatic rings. The quantitative estimate of drug-likeness (QED) is 0.327. The Morgan fingerprint density at radius 3 is 2.41 bits per heavy atom. The van der Waals surface area contributed by atoms with Crippen LogP contribution in [0.3, 0.4) is 0 Å². The maximum Gasteiger partial charge on any atom is 0.220 e. The Labute approximate surface area is 186 Å². The van der Waals surface area contributed by atoms with Crippen molar-refractivity contribution in [1.82, 2.24) is 9.97 Å². The normalized spacial score (nSPS) is 10.7. The van der Waals surface area contributed by atoms with Gasteiger partial charge in [0.05, 0.1) is 0 Å². The molecule has 0 amide bonds. The lowest BCUT2D eigenvalue weighted by Gasteiger charge is -2.12. The van der Waals surface area contributed by atoms with E-state index in [0.717, 1.165) is 22.3 Å². The predicted octanol–water partition coefficient (Wildman–Crippen LogP) is 5.61. The molecule has 0 saturated heterocycles. The summed E-state index contributed by atoms with van der Waals surface area (Å²) in [4.78, 5) is 20.1. The highest BCUT2D eigenvalue weighted by molar-refractivity contribution is 5.81. The summed E-state index contributed by atoms with van der Waals surface area (Å²) in [5.41, 5.74) is 4.09. The molecule has 2 aromatic carbocycles. The van der Waals surface area contributed by atoms with Crippen LogP contribution in [0.2, 0.25) is 0 Å². The molecule has 0 atom stereocenters. The molecule has 32 heavy (non-hydrogen) atoms. The third kappa shape index (κ3) is 5.64. The fraction of sp³-hybridized carbons (Fsp3) is 0.148. The first kappa shape index (κ1) is 21.4. The number of pyridine rings is 2. The summed E-state index contributed by atoms with van der Waals surface area (Å²) in [7, 11) is 0. The van der Waals surface area contributed by atoms with Crippen molar-refractivity contribution in [3.8, 4) is 16.9 Å². The van der Waals surface area contributed by atoms with Gasteiger partial charge in [0.25, 0.3) is 0 Å². The fourth-order valence-electron chi connectivity index (χ4n) is 3.51. The average molecular weight is 426 g/mol. The SMILES string of the molecule is O=C(CCc1cccnc1)Cc1ccc(OCc2ccccc2-c2cccnc2F)cc1. The minimum Gasteiger partial charge on any atom is -0.489 e. The molecular formula is C27H23FN2O2. The van der Waals surface area contributed by atoms with Crippen molar-refractivity contribution in [1.29, 1.82) is 0 Å². The Bertz CT molecular complexity index is 1180. The van der Waals surface area contributed by atoms with Crippen LogP contribution in [0.4, 0.5) is 4.39 Å². The Hall–Kier alpha value is -3.86. The first-order chi connectivity index (χ1) is 15.7. The minimum atomic E-state index is -0.502. The second-order valence-electron chi connectivity index (χ2n) is 7.51. The molecule has 0 bridgehead atoms. The van der Waals surface area contributed by atoms with Crippen LogP contribution in [0.25, 0.3) is 11.1 Å². The van der Waals surface area contributed by atoms with Crippen molar-refractivity contribution in [2.45, 2.75) is 25.9 Å². The highest BCUT2D eigenvalue weighted by atomic mass is 19.1. The van der Waals surface area contributed by atoms with Crippen LogP contribution in [0.5, 0.6) is 5.75 Å². The summed E-state index contributed by atoms with van der Waals surface area (Å²) in [5.74, 6) is 0.380. The summed E-state index contributed by atoms with van der Waals surface area (Å²) < 4.78 is 20.1. The van der Waals surface area contributed by atoms with Crippen LogP contribution in [-0.2, 0) is 24.2 Å². The first-order valence-corrected chi connectivity index (χ1v) is 10.5. The monoisotopic (exact) mass is 426 g/mol.